The summed E-state index contributed by atoms with van der Waals surface area (Å²) >= 11 is 0. The van der Waals surface area contributed by atoms with Crippen LogP contribution in [0.1, 0.15) is 72.6 Å². The minimum Gasteiger partial charge on any atom is -0.406 e. The van der Waals surface area contributed by atoms with Gasteiger partial charge in [-0.15, -0.1) is 0 Å². The maximum atomic E-state index is 6.86. The molecule has 1 aliphatic carbocycles. The Bertz CT molecular complexity index is 324. The van der Waals surface area contributed by atoms with Crippen molar-refractivity contribution in [2.24, 2.45) is 5.92 Å². The molecule has 1 nitrogen and oxygen atoms in total. The van der Waals surface area contributed by atoms with Crippen LogP contribution in [0.25, 0.3) is 0 Å². The number of hydrogen-bond donors (Lipinski definition) is 0. The quantitative estimate of drug-likeness (QED) is 0.595. The van der Waals surface area contributed by atoms with Crippen LogP contribution in [0.2, 0.25) is 12.1 Å². The van der Waals surface area contributed by atoms with Crippen LogP contribution >= 0.6 is 0 Å². The van der Waals surface area contributed by atoms with Gasteiger partial charge in [-0.05, 0) is 49.3 Å². The molecule has 1 unspecified atom stereocenters. The van der Waals surface area contributed by atoms with E-state index in [1.807, 2.05) is 0 Å². The van der Waals surface area contributed by atoms with E-state index in [4.69, 9.17) is 4.43 Å². The van der Waals surface area contributed by atoms with Crippen molar-refractivity contribution in [3.8, 4) is 0 Å². The largest absolute Gasteiger partial charge is 0.406 e. The van der Waals surface area contributed by atoms with Gasteiger partial charge in [0.15, 0.2) is 0 Å². The van der Waals surface area contributed by atoms with Gasteiger partial charge in [-0.2, -0.15) is 0 Å². The van der Waals surface area contributed by atoms with Crippen molar-refractivity contribution < 1.29 is 4.43 Å². The summed E-state index contributed by atoms with van der Waals surface area (Å²) in [6, 6.07) is 2.55. The molecule has 19 heavy (non-hydrogen) atoms. The average Bonchev–Trinajstić information content (AvgIpc) is 2.82. The monoisotopic (exact) mass is 280 g/mol. The summed E-state index contributed by atoms with van der Waals surface area (Å²) in [6.07, 6.45) is 10.1. The number of allylic oxidation sites excluding steroid dienone is 1. The molecule has 2 rings (SSSR count). The molecule has 1 aliphatic heterocycles. The summed E-state index contributed by atoms with van der Waals surface area (Å²) in [6.45, 7) is 9.43. The third-order valence-electron chi connectivity index (χ3n) is 5.59. The fourth-order valence-corrected chi connectivity index (χ4v) is 8.67. The van der Waals surface area contributed by atoms with Crippen molar-refractivity contribution in [3.05, 3.63) is 10.8 Å². The second-order valence-corrected chi connectivity index (χ2v) is 10.6. The van der Waals surface area contributed by atoms with Crippen LogP contribution < -0.4 is 0 Å². The summed E-state index contributed by atoms with van der Waals surface area (Å²) in [5.41, 5.74) is 1.73. The zero-order chi connectivity index (χ0) is 13.9. The highest BCUT2D eigenvalue weighted by atomic mass is 28.4. The number of rotatable bonds is 5. The molecular formula is C17H32OSi. The van der Waals surface area contributed by atoms with E-state index in [1.54, 1.807) is 10.8 Å². The van der Waals surface area contributed by atoms with E-state index < -0.39 is 8.32 Å². The lowest BCUT2D eigenvalue weighted by molar-refractivity contribution is 0.137. The Morgan fingerprint density at radius 2 is 1.58 bits per heavy atom. The molecule has 0 bridgehead atoms. The molecule has 2 aliphatic rings. The van der Waals surface area contributed by atoms with E-state index in [1.165, 1.54) is 57.0 Å². The lowest BCUT2D eigenvalue weighted by Gasteiger charge is -2.33. The summed E-state index contributed by atoms with van der Waals surface area (Å²) in [4.78, 5) is 0. The van der Waals surface area contributed by atoms with E-state index in [2.05, 4.69) is 27.7 Å². The van der Waals surface area contributed by atoms with Gasteiger partial charge in [0.25, 0.3) is 0 Å². The minimum absolute atomic E-state index is 0.506. The lowest BCUT2D eigenvalue weighted by Crippen LogP contribution is -2.39. The van der Waals surface area contributed by atoms with Crippen LogP contribution in [0.4, 0.5) is 0 Å². The summed E-state index contributed by atoms with van der Waals surface area (Å²) in [7, 11) is -1.56. The van der Waals surface area contributed by atoms with Gasteiger partial charge in [-0.3, -0.25) is 0 Å². The predicted molar refractivity (Wildman–Crippen MR) is 85.8 cm³/mol. The van der Waals surface area contributed by atoms with Crippen LogP contribution in [0.15, 0.2) is 10.8 Å². The first-order valence-corrected chi connectivity index (χ1v) is 10.9. The van der Waals surface area contributed by atoms with E-state index in [-0.39, 0.29) is 0 Å². The third kappa shape index (κ3) is 2.71. The molecule has 0 aromatic heterocycles. The van der Waals surface area contributed by atoms with Crippen LogP contribution in [-0.2, 0) is 4.43 Å². The molecular weight excluding hydrogens is 248 g/mol. The van der Waals surface area contributed by atoms with Crippen molar-refractivity contribution >= 4 is 8.32 Å². The molecule has 0 amide bonds. The molecule has 1 atom stereocenters. The SMILES string of the molecule is CCC1=C(CC)[Si](CC)(CC)OC1C1CCCCC1. The van der Waals surface area contributed by atoms with Crippen molar-refractivity contribution in [2.75, 3.05) is 0 Å². The highest BCUT2D eigenvalue weighted by Gasteiger charge is 2.47. The smallest absolute Gasteiger partial charge is 0.220 e. The highest BCUT2D eigenvalue weighted by molar-refractivity contribution is 6.81. The molecule has 0 aromatic rings. The summed E-state index contributed by atoms with van der Waals surface area (Å²) < 4.78 is 6.86. The van der Waals surface area contributed by atoms with Gasteiger partial charge in [0.05, 0.1) is 6.10 Å². The first-order chi connectivity index (χ1) is 9.22. The Kier molecular flexibility index (Phi) is 5.30. The Morgan fingerprint density at radius 3 is 2.05 bits per heavy atom. The zero-order valence-corrected chi connectivity index (χ0v) is 14.4. The molecule has 0 radical (unpaired) electrons. The van der Waals surface area contributed by atoms with Gasteiger partial charge in [-0.25, -0.2) is 0 Å². The molecule has 0 aromatic carbocycles. The minimum atomic E-state index is -1.56. The average molecular weight is 281 g/mol. The Hall–Kier alpha value is -0.0831. The fourth-order valence-electron chi connectivity index (χ4n) is 4.47. The maximum Gasteiger partial charge on any atom is 0.220 e. The fraction of sp³-hybridized carbons (Fsp3) is 0.882. The molecule has 0 N–H and O–H groups in total. The molecule has 2 heteroatoms. The molecule has 1 heterocycles. The first-order valence-electron chi connectivity index (χ1n) is 8.62. The van der Waals surface area contributed by atoms with E-state index in [9.17, 15) is 0 Å². The van der Waals surface area contributed by atoms with Gasteiger partial charge < -0.3 is 4.43 Å². The molecule has 1 saturated carbocycles. The standard InChI is InChI=1S/C17H32OSi/c1-5-15-16(6-2)19(7-3,8-4)18-17(15)14-12-10-9-11-13-14/h14,17H,5-13H2,1-4H3. The second-order valence-electron chi connectivity index (χ2n) is 6.35. The van der Waals surface area contributed by atoms with Crippen LogP contribution in [0.3, 0.4) is 0 Å². The van der Waals surface area contributed by atoms with Crippen molar-refractivity contribution in [1.29, 1.82) is 0 Å². The summed E-state index contributed by atoms with van der Waals surface area (Å²) in [5, 5.41) is 1.79. The number of hydrogen-bond acceptors (Lipinski definition) is 1. The van der Waals surface area contributed by atoms with E-state index in [0.717, 1.165) is 5.92 Å². The Morgan fingerprint density at radius 1 is 0.947 bits per heavy atom. The second kappa shape index (κ2) is 6.58. The normalized spacial score (nSPS) is 28.1. The van der Waals surface area contributed by atoms with Gasteiger partial charge in [0.1, 0.15) is 0 Å². The van der Waals surface area contributed by atoms with Crippen LogP contribution in [0.5, 0.6) is 0 Å². The van der Waals surface area contributed by atoms with E-state index >= 15 is 0 Å². The maximum absolute atomic E-state index is 6.86. The van der Waals surface area contributed by atoms with Gasteiger partial charge in [-0.1, -0.05) is 52.2 Å². The van der Waals surface area contributed by atoms with Gasteiger partial charge in [0, 0.05) is 0 Å². The van der Waals surface area contributed by atoms with Crippen molar-refractivity contribution in [3.63, 3.8) is 0 Å². The molecule has 0 saturated heterocycles. The topological polar surface area (TPSA) is 9.23 Å². The van der Waals surface area contributed by atoms with Gasteiger partial charge in [0.2, 0.25) is 8.32 Å². The Labute approximate surface area is 120 Å². The van der Waals surface area contributed by atoms with Crippen LogP contribution in [-0.4, -0.2) is 14.4 Å². The van der Waals surface area contributed by atoms with E-state index in [0.29, 0.717) is 6.10 Å². The van der Waals surface area contributed by atoms with Crippen LogP contribution in [0, 0.1) is 5.92 Å². The zero-order valence-electron chi connectivity index (χ0n) is 13.4. The molecule has 1 fully saturated rings. The Balaban J connectivity index is 2.28. The van der Waals surface area contributed by atoms with Crippen molar-refractivity contribution in [1.82, 2.24) is 0 Å². The first kappa shape index (κ1) is 15.3. The highest BCUT2D eigenvalue weighted by Crippen LogP contribution is 2.45. The van der Waals surface area contributed by atoms with Crippen molar-refractivity contribution in [2.45, 2.75) is 90.8 Å². The third-order valence-corrected chi connectivity index (χ3v) is 10.4. The van der Waals surface area contributed by atoms with Gasteiger partial charge >= 0.3 is 0 Å². The molecule has 110 valence electrons. The molecule has 0 spiro atoms. The predicted octanol–water partition coefficient (Wildman–Crippen LogP) is 5.61. The lowest BCUT2D eigenvalue weighted by atomic mass is 9.82. The summed E-state index contributed by atoms with van der Waals surface area (Å²) in [5.74, 6) is 0.831.